The SMILES string of the molecule is Nc1ccc(C(=O)O)c(Oc2cccc(F)c2)c1. The minimum atomic E-state index is -1.14. The van der Waals surface area contributed by atoms with Gasteiger partial charge in [-0.2, -0.15) is 0 Å². The molecule has 0 saturated carbocycles. The first-order valence-electron chi connectivity index (χ1n) is 5.12. The van der Waals surface area contributed by atoms with Crippen molar-refractivity contribution in [1.82, 2.24) is 0 Å². The third-order valence-electron chi connectivity index (χ3n) is 2.26. The summed E-state index contributed by atoms with van der Waals surface area (Å²) in [6.45, 7) is 0. The van der Waals surface area contributed by atoms with Crippen molar-refractivity contribution in [1.29, 1.82) is 0 Å². The second-order valence-corrected chi connectivity index (χ2v) is 3.62. The second-order valence-electron chi connectivity index (χ2n) is 3.62. The van der Waals surface area contributed by atoms with Gasteiger partial charge in [0.25, 0.3) is 0 Å². The van der Waals surface area contributed by atoms with Crippen LogP contribution < -0.4 is 10.5 Å². The topological polar surface area (TPSA) is 72.6 Å². The molecule has 0 atom stereocenters. The maximum Gasteiger partial charge on any atom is 0.339 e. The summed E-state index contributed by atoms with van der Waals surface area (Å²) in [5.74, 6) is -1.31. The van der Waals surface area contributed by atoms with E-state index in [-0.39, 0.29) is 17.1 Å². The van der Waals surface area contributed by atoms with Gasteiger partial charge in [0.15, 0.2) is 0 Å². The lowest BCUT2D eigenvalue weighted by atomic mass is 10.2. The van der Waals surface area contributed by atoms with Crippen molar-refractivity contribution in [2.45, 2.75) is 0 Å². The number of aromatic carboxylic acids is 1. The highest BCUT2D eigenvalue weighted by atomic mass is 19.1. The first kappa shape index (κ1) is 11.9. The summed E-state index contributed by atoms with van der Waals surface area (Å²) >= 11 is 0. The Morgan fingerprint density at radius 2 is 2.00 bits per heavy atom. The van der Waals surface area contributed by atoms with Crippen molar-refractivity contribution >= 4 is 11.7 Å². The van der Waals surface area contributed by atoms with Gasteiger partial charge in [-0.1, -0.05) is 6.07 Å². The van der Waals surface area contributed by atoms with Crippen LogP contribution in [0.5, 0.6) is 11.5 Å². The highest BCUT2D eigenvalue weighted by molar-refractivity contribution is 5.91. The number of carbonyl (C=O) groups is 1. The molecule has 0 unspecified atom stereocenters. The number of hydrogen-bond acceptors (Lipinski definition) is 3. The second kappa shape index (κ2) is 4.75. The minimum absolute atomic E-state index is 0.0338. The number of hydrogen-bond donors (Lipinski definition) is 2. The van der Waals surface area contributed by atoms with E-state index in [1.54, 1.807) is 0 Å². The van der Waals surface area contributed by atoms with Gasteiger partial charge >= 0.3 is 5.97 Å². The Bertz CT molecular complexity index is 599. The van der Waals surface area contributed by atoms with E-state index < -0.39 is 11.8 Å². The Kier molecular flexibility index (Phi) is 3.14. The molecule has 0 radical (unpaired) electrons. The van der Waals surface area contributed by atoms with Crippen LogP contribution in [-0.2, 0) is 0 Å². The molecule has 92 valence electrons. The normalized spacial score (nSPS) is 10.1. The summed E-state index contributed by atoms with van der Waals surface area (Å²) in [6.07, 6.45) is 0. The zero-order valence-corrected chi connectivity index (χ0v) is 9.26. The van der Waals surface area contributed by atoms with Crippen LogP contribution >= 0.6 is 0 Å². The Labute approximate surface area is 102 Å². The molecule has 2 aromatic rings. The molecule has 0 aliphatic carbocycles. The van der Waals surface area contributed by atoms with Crippen molar-refractivity contribution in [2.24, 2.45) is 0 Å². The fourth-order valence-corrected chi connectivity index (χ4v) is 1.46. The van der Waals surface area contributed by atoms with Crippen LogP contribution in [0.1, 0.15) is 10.4 Å². The number of nitrogen functional groups attached to an aromatic ring is 1. The molecule has 0 aliphatic heterocycles. The number of benzene rings is 2. The van der Waals surface area contributed by atoms with E-state index in [0.29, 0.717) is 5.69 Å². The van der Waals surface area contributed by atoms with Crippen molar-refractivity contribution in [3.63, 3.8) is 0 Å². The fraction of sp³-hybridized carbons (Fsp3) is 0. The zero-order valence-electron chi connectivity index (χ0n) is 9.26. The van der Waals surface area contributed by atoms with Gasteiger partial charge in [0.05, 0.1) is 0 Å². The van der Waals surface area contributed by atoms with E-state index in [0.717, 1.165) is 6.07 Å². The van der Waals surface area contributed by atoms with E-state index >= 15 is 0 Å². The summed E-state index contributed by atoms with van der Waals surface area (Å²) < 4.78 is 18.3. The number of carboxylic acids is 1. The number of rotatable bonds is 3. The zero-order chi connectivity index (χ0) is 13.1. The smallest absolute Gasteiger partial charge is 0.339 e. The van der Waals surface area contributed by atoms with Gasteiger partial charge in [-0.15, -0.1) is 0 Å². The third kappa shape index (κ3) is 2.57. The Morgan fingerprint density at radius 1 is 1.22 bits per heavy atom. The molecule has 0 amide bonds. The van der Waals surface area contributed by atoms with Gasteiger partial charge in [-0.25, -0.2) is 9.18 Å². The monoisotopic (exact) mass is 247 g/mol. The van der Waals surface area contributed by atoms with Gasteiger partial charge in [0.2, 0.25) is 0 Å². The van der Waals surface area contributed by atoms with Crippen LogP contribution in [0, 0.1) is 5.82 Å². The Balaban J connectivity index is 2.39. The van der Waals surface area contributed by atoms with Crippen LogP contribution in [0.4, 0.5) is 10.1 Å². The molecule has 2 rings (SSSR count). The van der Waals surface area contributed by atoms with Crippen LogP contribution in [-0.4, -0.2) is 11.1 Å². The van der Waals surface area contributed by atoms with Crippen LogP contribution in [0.15, 0.2) is 42.5 Å². The Morgan fingerprint density at radius 3 is 2.67 bits per heavy atom. The van der Waals surface area contributed by atoms with Crippen LogP contribution in [0.25, 0.3) is 0 Å². The van der Waals surface area contributed by atoms with Gasteiger partial charge in [-0.05, 0) is 24.3 Å². The van der Waals surface area contributed by atoms with E-state index in [1.165, 1.54) is 36.4 Å². The molecule has 5 heteroatoms. The van der Waals surface area contributed by atoms with Crippen molar-refractivity contribution < 1.29 is 19.0 Å². The van der Waals surface area contributed by atoms with Crippen molar-refractivity contribution in [2.75, 3.05) is 5.73 Å². The van der Waals surface area contributed by atoms with Gasteiger partial charge in [0.1, 0.15) is 22.9 Å². The number of halogens is 1. The standard InChI is InChI=1S/C13H10FNO3/c14-8-2-1-3-10(6-8)18-12-7-9(15)4-5-11(12)13(16)17/h1-7H,15H2,(H,16,17). The predicted molar refractivity (Wildman–Crippen MR) is 64.3 cm³/mol. The maximum atomic E-state index is 13.0. The summed E-state index contributed by atoms with van der Waals surface area (Å²) in [5.41, 5.74) is 5.90. The molecule has 0 spiro atoms. The predicted octanol–water partition coefficient (Wildman–Crippen LogP) is 2.90. The molecule has 0 bridgehead atoms. The van der Waals surface area contributed by atoms with Crippen molar-refractivity contribution in [3.8, 4) is 11.5 Å². The number of ether oxygens (including phenoxy) is 1. The Hall–Kier alpha value is -2.56. The first-order valence-corrected chi connectivity index (χ1v) is 5.12. The molecule has 18 heavy (non-hydrogen) atoms. The summed E-state index contributed by atoms with van der Waals surface area (Å²) in [4.78, 5) is 11.0. The van der Waals surface area contributed by atoms with E-state index in [2.05, 4.69) is 0 Å². The van der Waals surface area contributed by atoms with E-state index in [9.17, 15) is 9.18 Å². The highest BCUT2D eigenvalue weighted by Gasteiger charge is 2.12. The summed E-state index contributed by atoms with van der Waals surface area (Å²) in [7, 11) is 0. The summed E-state index contributed by atoms with van der Waals surface area (Å²) in [5, 5.41) is 8.99. The van der Waals surface area contributed by atoms with Crippen LogP contribution in [0.3, 0.4) is 0 Å². The molecular weight excluding hydrogens is 237 g/mol. The maximum absolute atomic E-state index is 13.0. The van der Waals surface area contributed by atoms with Crippen molar-refractivity contribution in [3.05, 3.63) is 53.8 Å². The molecular formula is C13H10FNO3. The van der Waals surface area contributed by atoms with Gasteiger partial charge < -0.3 is 15.6 Å². The molecule has 0 aromatic heterocycles. The molecule has 0 fully saturated rings. The van der Waals surface area contributed by atoms with Gasteiger partial charge in [0, 0.05) is 17.8 Å². The van der Waals surface area contributed by atoms with Crippen LogP contribution in [0.2, 0.25) is 0 Å². The lowest BCUT2D eigenvalue weighted by Gasteiger charge is -2.09. The molecule has 2 aromatic carbocycles. The first-order chi connectivity index (χ1) is 8.56. The van der Waals surface area contributed by atoms with E-state index in [1.807, 2.05) is 0 Å². The number of nitrogens with two attached hydrogens (primary N) is 1. The number of anilines is 1. The molecule has 0 aliphatic rings. The number of carboxylic acid groups (broad SMARTS) is 1. The molecule has 0 heterocycles. The van der Waals surface area contributed by atoms with E-state index in [4.69, 9.17) is 15.6 Å². The minimum Gasteiger partial charge on any atom is -0.478 e. The molecule has 4 nitrogen and oxygen atoms in total. The quantitative estimate of drug-likeness (QED) is 0.818. The largest absolute Gasteiger partial charge is 0.478 e. The molecule has 0 saturated heterocycles. The average Bonchev–Trinajstić information content (AvgIpc) is 2.28. The molecule has 3 N–H and O–H groups in total. The third-order valence-corrected chi connectivity index (χ3v) is 2.26. The van der Waals surface area contributed by atoms with Gasteiger partial charge in [-0.3, -0.25) is 0 Å². The fourth-order valence-electron chi connectivity index (χ4n) is 1.46. The average molecular weight is 247 g/mol. The lowest BCUT2D eigenvalue weighted by molar-refractivity contribution is 0.0694. The summed E-state index contributed by atoms with van der Waals surface area (Å²) in [6, 6.07) is 9.61. The highest BCUT2D eigenvalue weighted by Crippen LogP contribution is 2.27. The lowest BCUT2D eigenvalue weighted by Crippen LogP contribution is -2.01.